The van der Waals surface area contributed by atoms with E-state index < -0.39 is 11.9 Å². The lowest BCUT2D eigenvalue weighted by Crippen LogP contribution is -2.26. The van der Waals surface area contributed by atoms with Crippen LogP contribution in [0.5, 0.6) is 0 Å². The van der Waals surface area contributed by atoms with Gasteiger partial charge in [0.1, 0.15) is 11.2 Å². The van der Waals surface area contributed by atoms with E-state index in [1.807, 2.05) is 6.07 Å². The van der Waals surface area contributed by atoms with Crippen molar-refractivity contribution in [3.8, 4) is 0 Å². The van der Waals surface area contributed by atoms with Crippen LogP contribution in [-0.2, 0) is 26.1 Å². The predicted octanol–water partition coefficient (Wildman–Crippen LogP) is 1.46. The van der Waals surface area contributed by atoms with Crippen LogP contribution in [-0.4, -0.2) is 41.2 Å². The van der Waals surface area contributed by atoms with Gasteiger partial charge in [-0.3, -0.25) is 0 Å². The highest BCUT2D eigenvalue weighted by Gasteiger charge is 2.27. The Balaban J connectivity index is 2.19. The summed E-state index contributed by atoms with van der Waals surface area (Å²) >= 11 is 0. The minimum absolute atomic E-state index is 0.0580. The van der Waals surface area contributed by atoms with Crippen LogP contribution in [0.25, 0.3) is 11.0 Å². The number of hydrogen-bond donors (Lipinski definition) is 0. The molecule has 0 saturated carbocycles. The average molecular weight is 340 g/mol. The molecular formula is C17H16N4O4. The van der Waals surface area contributed by atoms with E-state index in [1.165, 1.54) is 20.3 Å². The Morgan fingerprint density at radius 3 is 2.56 bits per heavy atom. The maximum Gasteiger partial charge on any atom is 0.355 e. The number of ether oxygens (including phenoxy) is 2. The van der Waals surface area contributed by atoms with E-state index >= 15 is 0 Å². The number of methoxy groups -OCH3 is 2. The Labute approximate surface area is 143 Å². The summed E-state index contributed by atoms with van der Waals surface area (Å²) in [5, 5.41) is 8.05. The molecule has 1 aliphatic rings. The quantitative estimate of drug-likeness (QED) is 0.782. The third-order valence-corrected chi connectivity index (χ3v) is 3.76. The maximum atomic E-state index is 12.4. The Morgan fingerprint density at radius 2 is 1.84 bits per heavy atom. The molecule has 0 fully saturated rings. The molecule has 8 nitrogen and oxygen atoms in total. The van der Waals surface area contributed by atoms with E-state index in [-0.39, 0.29) is 11.3 Å². The molecule has 2 aromatic rings. The molecule has 2 heterocycles. The number of anilines is 1. The van der Waals surface area contributed by atoms with Crippen LogP contribution in [0.4, 0.5) is 5.69 Å². The van der Waals surface area contributed by atoms with Crippen LogP contribution in [0, 0.1) is 0 Å². The van der Waals surface area contributed by atoms with Crippen molar-refractivity contribution in [1.29, 1.82) is 0 Å². The van der Waals surface area contributed by atoms with E-state index in [9.17, 15) is 9.59 Å². The molecule has 25 heavy (non-hydrogen) atoms. The first-order valence-corrected chi connectivity index (χ1v) is 7.41. The van der Waals surface area contributed by atoms with Crippen molar-refractivity contribution >= 4 is 28.7 Å². The van der Waals surface area contributed by atoms with Crippen molar-refractivity contribution in [3.05, 3.63) is 53.9 Å². The fourth-order valence-corrected chi connectivity index (χ4v) is 2.54. The van der Waals surface area contributed by atoms with Gasteiger partial charge in [0.05, 0.1) is 25.3 Å². The van der Waals surface area contributed by atoms with Crippen LogP contribution >= 0.6 is 0 Å². The highest BCUT2D eigenvalue weighted by molar-refractivity contribution is 6.05. The topological polar surface area (TPSA) is 86.6 Å². The minimum atomic E-state index is -0.657. The Kier molecular flexibility index (Phi) is 4.34. The third kappa shape index (κ3) is 2.89. The Hall–Kier alpha value is -3.42. The largest absolute Gasteiger partial charge is 0.465 e. The van der Waals surface area contributed by atoms with Gasteiger partial charge in [-0.2, -0.15) is 0 Å². The zero-order valence-corrected chi connectivity index (χ0v) is 14.0. The van der Waals surface area contributed by atoms with Gasteiger partial charge in [0, 0.05) is 18.9 Å². The summed E-state index contributed by atoms with van der Waals surface area (Å²) in [6.07, 6.45) is 6.53. The van der Waals surface area contributed by atoms with Gasteiger partial charge in [-0.15, -0.1) is 5.10 Å². The normalized spacial score (nSPS) is 14.0. The van der Waals surface area contributed by atoms with E-state index in [1.54, 1.807) is 47.1 Å². The number of fused-ring (bicyclic) bond motifs is 1. The first kappa shape index (κ1) is 16.4. The van der Waals surface area contributed by atoms with Crippen LogP contribution < -0.4 is 4.90 Å². The van der Waals surface area contributed by atoms with E-state index in [0.29, 0.717) is 11.2 Å². The molecule has 0 unspecified atom stereocenters. The van der Waals surface area contributed by atoms with Crippen molar-refractivity contribution in [2.75, 3.05) is 19.1 Å². The van der Waals surface area contributed by atoms with Crippen LogP contribution in [0.15, 0.2) is 53.9 Å². The molecule has 128 valence electrons. The number of aryl methyl sites for hydroxylation is 1. The molecule has 0 spiro atoms. The molecule has 1 aromatic carbocycles. The van der Waals surface area contributed by atoms with Crippen LogP contribution in [0.1, 0.15) is 0 Å². The van der Waals surface area contributed by atoms with Gasteiger partial charge in [0.15, 0.2) is 0 Å². The van der Waals surface area contributed by atoms with E-state index in [2.05, 4.69) is 10.3 Å². The number of hydrogen-bond acceptors (Lipinski definition) is 7. The first-order chi connectivity index (χ1) is 12.1. The maximum absolute atomic E-state index is 12.4. The summed E-state index contributed by atoms with van der Waals surface area (Å²) in [6.45, 7) is 0. The number of benzene rings is 1. The molecule has 0 saturated heterocycles. The molecule has 3 rings (SSSR count). The number of nitrogens with zero attached hydrogens (tertiary/aromatic N) is 4. The summed E-state index contributed by atoms with van der Waals surface area (Å²) in [5.74, 6) is -1.29. The van der Waals surface area contributed by atoms with Gasteiger partial charge in [-0.05, 0) is 30.4 Å². The highest BCUT2D eigenvalue weighted by atomic mass is 16.5. The molecule has 0 amide bonds. The van der Waals surface area contributed by atoms with Gasteiger partial charge in [0.2, 0.25) is 0 Å². The van der Waals surface area contributed by atoms with Crippen molar-refractivity contribution in [1.82, 2.24) is 15.0 Å². The number of rotatable bonds is 3. The molecule has 0 bridgehead atoms. The van der Waals surface area contributed by atoms with E-state index in [4.69, 9.17) is 9.47 Å². The number of esters is 2. The molecule has 0 radical (unpaired) electrons. The van der Waals surface area contributed by atoms with Crippen molar-refractivity contribution < 1.29 is 19.1 Å². The SMILES string of the molecule is COC(=O)C1=C(C(=O)OC)N(c2ccc3c(c2)nnn3C)C=CC=C1. The fourth-order valence-electron chi connectivity index (χ4n) is 2.54. The lowest BCUT2D eigenvalue weighted by molar-refractivity contribution is -0.139. The molecule has 1 aliphatic heterocycles. The first-order valence-electron chi connectivity index (χ1n) is 7.41. The predicted molar refractivity (Wildman–Crippen MR) is 90.3 cm³/mol. The Bertz CT molecular complexity index is 939. The minimum Gasteiger partial charge on any atom is -0.465 e. The van der Waals surface area contributed by atoms with Gasteiger partial charge < -0.3 is 14.4 Å². The van der Waals surface area contributed by atoms with Gasteiger partial charge in [-0.1, -0.05) is 11.3 Å². The molecule has 0 N–H and O–H groups in total. The number of aromatic nitrogens is 3. The zero-order chi connectivity index (χ0) is 18.0. The highest BCUT2D eigenvalue weighted by Crippen LogP contribution is 2.28. The smallest absolute Gasteiger partial charge is 0.355 e. The monoisotopic (exact) mass is 340 g/mol. The number of allylic oxidation sites excluding steroid dienone is 2. The second-order valence-corrected chi connectivity index (χ2v) is 5.20. The second kappa shape index (κ2) is 6.60. The lowest BCUT2D eigenvalue weighted by Gasteiger charge is -2.23. The molecule has 0 aliphatic carbocycles. The van der Waals surface area contributed by atoms with Gasteiger partial charge in [-0.25, -0.2) is 14.3 Å². The molecule has 1 aromatic heterocycles. The van der Waals surface area contributed by atoms with Gasteiger partial charge >= 0.3 is 11.9 Å². The standard InChI is InChI=1S/C17H16N4O4/c1-20-14-8-7-11(10-13(14)18-19-20)21-9-5-4-6-12(16(22)24-2)15(21)17(23)25-3/h4-10H,1-3H3. The second-order valence-electron chi connectivity index (χ2n) is 5.20. The fraction of sp³-hybridized carbons (Fsp3) is 0.176. The molecule has 0 atom stereocenters. The number of carbonyl (C=O) groups is 2. The third-order valence-electron chi connectivity index (χ3n) is 3.76. The number of carbonyl (C=O) groups excluding carboxylic acids is 2. The molecular weight excluding hydrogens is 324 g/mol. The lowest BCUT2D eigenvalue weighted by atomic mass is 10.1. The summed E-state index contributed by atoms with van der Waals surface area (Å²) in [7, 11) is 4.30. The summed E-state index contributed by atoms with van der Waals surface area (Å²) in [6, 6.07) is 5.42. The zero-order valence-electron chi connectivity index (χ0n) is 14.0. The molecule has 8 heteroatoms. The average Bonchev–Trinajstić information content (AvgIpc) is 2.87. The Morgan fingerprint density at radius 1 is 1.08 bits per heavy atom. The summed E-state index contributed by atoms with van der Waals surface area (Å²) in [5.41, 5.74) is 2.29. The van der Waals surface area contributed by atoms with Crippen molar-refractivity contribution in [3.63, 3.8) is 0 Å². The summed E-state index contributed by atoms with van der Waals surface area (Å²) < 4.78 is 11.3. The van der Waals surface area contributed by atoms with Crippen LogP contribution in [0.2, 0.25) is 0 Å². The van der Waals surface area contributed by atoms with E-state index in [0.717, 1.165) is 5.52 Å². The van der Waals surface area contributed by atoms with Gasteiger partial charge in [0.25, 0.3) is 0 Å². The van der Waals surface area contributed by atoms with Crippen molar-refractivity contribution in [2.45, 2.75) is 0 Å². The van der Waals surface area contributed by atoms with Crippen LogP contribution in [0.3, 0.4) is 0 Å². The summed E-state index contributed by atoms with van der Waals surface area (Å²) in [4.78, 5) is 26.1. The van der Waals surface area contributed by atoms with Crippen molar-refractivity contribution in [2.24, 2.45) is 7.05 Å².